The number of rotatable bonds is 11. The average Bonchev–Trinajstić information content (AvgIpc) is 3.25. The second-order valence-corrected chi connectivity index (χ2v) is 8.04. The van der Waals surface area contributed by atoms with Crippen molar-refractivity contribution in [3.63, 3.8) is 0 Å². The Morgan fingerprint density at radius 3 is 2.65 bits per heavy atom. The lowest BCUT2D eigenvalue weighted by atomic mass is 10.0. The van der Waals surface area contributed by atoms with Crippen LogP contribution in [0.15, 0.2) is 41.8 Å². The molecule has 0 aliphatic carbocycles. The maximum Gasteiger partial charge on any atom is 0.162 e. The number of carbonyl (C=O) groups excluding carboxylic acids is 1. The fourth-order valence-electron chi connectivity index (χ4n) is 2.89. The number of halogens is 2. The molecule has 0 amide bonds. The molecule has 1 aromatic heterocycles. The topological polar surface area (TPSA) is 60.5 Å². The fraction of sp³-hybridized carbons (Fsp3) is 0.273. The Bertz CT molecular complexity index is 1010. The number of thiazole rings is 1. The molecule has 5 nitrogen and oxygen atoms in total. The smallest absolute Gasteiger partial charge is 0.162 e. The number of nitrogens with one attached hydrogen (secondary N) is 1. The quantitative estimate of drug-likeness (QED) is 0.320. The summed E-state index contributed by atoms with van der Waals surface area (Å²) >= 11 is 5.62. The summed E-state index contributed by atoms with van der Waals surface area (Å²) in [5, 5.41) is 5.87. The number of ether oxygens (including phenoxy) is 2. The van der Waals surface area contributed by atoms with Crippen molar-refractivity contribution in [1.29, 1.82) is 0 Å². The van der Waals surface area contributed by atoms with E-state index in [1.807, 2.05) is 5.38 Å². The van der Waals surface area contributed by atoms with Crippen LogP contribution in [0.1, 0.15) is 17.1 Å². The van der Waals surface area contributed by atoms with E-state index in [0.717, 1.165) is 29.1 Å². The molecule has 0 radical (unpaired) electrons. The van der Waals surface area contributed by atoms with Crippen molar-refractivity contribution in [2.45, 2.75) is 25.6 Å². The predicted molar refractivity (Wildman–Crippen MR) is 120 cm³/mol. The molecule has 31 heavy (non-hydrogen) atoms. The highest BCUT2D eigenvalue weighted by Gasteiger charge is 2.13. The van der Waals surface area contributed by atoms with Crippen LogP contribution in [-0.2, 0) is 17.9 Å². The monoisotopic (exact) mass is 464 g/mol. The zero-order valence-corrected chi connectivity index (χ0v) is 18.5. The van der Waals surface area contributed by atoms with E-state index in [1.54, 1.807) is 24.3 Å². The predicted octanol–water partition coefficient (Wildman–Crippen LogP) is 4.65. The zero-order valence-electron chi connectivity index (χ0n) is 16.8. The van der Waals surface area contributed by atoms with Crippen molar-refractivity contribution in [3.8, 4) is 22.6 Å². The van der Waals surface area contributed by atoms with E-state index in [-0.39, 0.29) is 11.8 Å². The van der Waals surface area contributed by atoms with Gasteiger partial charge in [-0.1, -0.05) is 12.1 Å². The van der Waals surface area contributed by atoms with Crippen molar-refractivity contribution in [3.05, 3.63) is 64.1 Å². The molecular formula is C22H22F2N2O3S2. The van der Waals surface area contributed by atoms with Crippen LogP contribution in [0.5, 0.6) is 11.5 Å². The Balaban J connectivity index is 1.59. The highest BCUT2D eigenvalue weighted by atomic mass is 32.1. The molecule has 0 unspecified atom stereocenters. The normalized spacial score (nSPS) is 11.9. The molecule has 0 fully saturated rings. The minimum Gasteiger partial charge on any atom is -0.496 e. The van der Waals surface area contributed by atoms with Crippen molar-refractivity contribution in [1.82, 2.24) is 10.3 Å². The fourth-order valence-corrected chi connectivity index (χ4v) is 3.87. The molecule has 0 bridgehead atoms. The van der Waals surface area contributed by atoms with Gasteiger partial charge in [-0.3, -0.25) is 0 Å². The maximum atomic E-state index is 13.6. The van der Waals surface area contributed by atoms with Gasteiger partial charge in [0.2, 0.25) is 0 Å². The largest absolute Gasteiger partial charge is 0.496 e. The Hall–Kier alpha value is -2.49. The van der Waals surface area contributed by atoms with Gasteiger partial charge in [-0.05, 0) is 35.9 Å². The molecule has 3 aromatic rings. The Kier molecular flexibility index (Phi) is 8.39. The standard InChI is InChI=1S/C22H22F2N2O3S2/c1-28-21-9-20(24)19(23)8-18(21)14-2-4-17(5-3-14)29-12-22-26-16(13-31-22)10-25-15(11-27)6-7-30/h2-5,8-9,11,13,15,25,30H,6-7,10,12H2,1H3/t15-/m1/s1. The lowest BCUT2D eigenvalue weighted by Crippen LogP contribution is -2.30. The number of hydrogen-bond donors (Lipinski definition) is 2. The van der Waals surface area contributed by atoms with Gasteiger partial charge < -0.3 is 19.6 Å². The molecule has 1 N–H and O–H groups in total. The summed E-state index contributed by atoms with van der Waals surface area (Å²) < 4.78 is 38.0. The number of thiol groups is 1. The molecule has 0 spiro atoms. The van der Waals surface area contributed by atoms with E-state index in [9.17, 15) is 13.6 Å². The lowest BCUT2D eigenvalue weighted by molar-refractivity contribution is -0.109. The number of carbonyl (C=O) groups is 1. The first-order valence-corrected chi connectivity index (χ1v) is 11.0. The summed E-state index contributed by atoms with van der Waals surface area (Å²) in [6.45, 7) is 0.796. The highest BCUT2D eigenvalue weighted by Crippen LogP contribution is 2.33. The van der Waals surface area contributed by atoms with Crippen LogP contribution in [-0.4, -0.2) is 30.2 Å². The van der Waals surface area contributed by atoms with Gasteiger partial charge in [-0.15, -0.1) is 11.3 Å². The molecule has 0 aliphatic rings. The molecular weight excluding hydrogens is 442 g/mol. The molecule has 3 rings (SSSR count). The first kappa shape index (κ1) is 23.2. The molecule has 0 aliphatic heterocycles. The number of hydrogen-bond acceptors (Lipinski definition) is 7. The highest BCUT2D eigenvalue weighted by molar-refractivity contribution is 7.80. The molecule has 0 saturated carbocycles. The number of aromatic nitrogens is 1. The Morgan fingerprint density at radius 2 is 1.97 bits per heavy atom. The number of methoxy groups -OCH3 is 1. The van der Waals surface area contributed by atoms with Crippen molar-refractivity contribution >= 4 is 30.3 Å². The second kappa shape index (κ2) is 11.2. The molecule has 2 aromatic carbocycles. The third kappa shape index (κ3) is 6.25. The van der Waals surface area contributed by atoms with Crippen LogP contribution in [0.2, 0.25) is 0 Å². The van der Waals surface area contributed by atoms with Gasteiger partial charge in [0, 0.05) is 23.6 Å². The summed E-state index contributed by atoms with van der Waals surface area (Å²) in [6, 6.07) is 8.91. The van der Waals surface area contributed by atoms with Crippen LogP contribution >= 0.6 is 24.0 Å². The average molecular weight is 465 g/mol. The maximum absolute atomic E-state index is 13.6. The number of nitrogens with zero attached hydrogens (tertiary/aromatic N) is 1. The van der Waals surface area contributed by atoms with Gasteiger partial charge in [0.05, 0.1) is 18.8 Å². The third-order valence-electron chi connectivity index (χ3n) is 4.52. The van der Waals surface area contributed by atoms with E-state index in [0.29, 0.717) is 42.2 Å². The van der Waals surface area contributed by atoms with Crippen molar-refractivity contribution in [2.24, 2.45) is 0 Å². The summed E-state index contributed by atoms with van der Waals surface area (Å²) in [4.78, 5) is 15.5. The van der Waals surface area contributed by atoms with E-state index >= 15 is 0 Å². The second-order valence-electron chi connectivity index (χ2n) is 6.65. The van der Waals surface area contributed by atoms with Gasteiger partial charge in [0.1, 0.15) is 29.4 Å². The van der Waals surface area contributed by atoms with Crippen LogP contribution < -0.4 is 14.8 Å². The van der Waals surface area contributed by atoms with E-state index < -0.39 is 11.6 Å². The van der Waals surface area contributed by atoms with Gasteiger partial charge in [0.25, 0.3) is 0 Å². The summed E-state index contributed by atoms with van der Waals surface area (Å²) in [6.07, 6.45) is 1.55. The van der Waals surface area contributed by atoms with Crippen molar-refractivity contribution < 1.29 is 23.0 Å². The first-order chi connectivity index (χ1) is 15.0. The Labute approximate surface area is 188 Å². The van der Waals surface area contributed by atoms with Crippen molar-refractivity contribution in [2.75, 3.05) is 12.9 Å². The molecule has 1 atom stereocenters. The van der Waals surface area contributed by atoms with E-state index in [1.165, 1.54) is 18.4 Å². The number of aldehydes is 1. The van der Waals surface area contributed by atoms with Gasteiger partial charge >= 0.3 is 0 Å². The molecule has 1 heterocycles. The van der Waals surface area contributed by atoms with Crippen LogP contribution in [0, 0.1) is 11.6 Å². The molecule has 0 saturated heterocycles. The minimum absolute atomic E-state index is 0.231. The zero-order chi connectivity index (χ0) is 22.2. The van der Waals surface area contributed by atoms with Crippen LogP contribution in [0.4, 0.5) is 8.78 Å². The van der Waals surface area contributed by atoms with Crippen LogP contribution in [0.3, 0.4) is 0 Å². The lowest BCUT2D eigenvalue weighted by Gasteiger charge is -2.11. The summed E-state index contributed by atoms with van der Waals surface area (Å²) in [5.41, 5.74) is 1.98. The SMILES string of the molecule is COc1cc(F)c(F)cc1-c1ccc(OCc2nc(CN[C@@H](C=O)CCS)cs2)cc1. The molecule has 164 valence electrons. The molecule has 9 heteroatoms. The Morgan fingerprint density at radius 1 is 1.23 bits per heavy atom. The summed E-state index contributed by atoms with van der Waals surface area (Å²) in [7, 11) is 1.41. The third-order valence-corrected chi connectivity index (χ3v) is 5.65. The van der Waals surface area contributed by atoms with Gasteiger partial charge in [-0.25, -0.2) is 13.8 Å². The van der Waals surface area contributed by atoms with E-state index in [4.69, 9.17) is 9.47 Å². The number of benzene rings is 2. The summed E-state index contributed by atoms with van der Waals surface area (Å²) in [5.74, 6) is -0.385. The van der Waals surface area contributed by atoms with Crippen LogP contribution in [0.25, 0.3) is 11.1 Å². The van der Waals surface area contributed by atoms with E-state index in [2.05, 4.69) is 22.9 Å². The van der Waals surface area contributed by atoms with Gasteiger partial charge in [-0.2, -0.15) is 12.6 Å². The van der Waals surface area contributed by atoms with Gasteiger partial charge in [0.15, 0.2) is 11.6 Å². The first-order valence-electron chi connectivity index (χ1n) is 9.53. The minimum atomic E-state index is -0.957.